The lowest BCUT2D eigenvalue weighted by molar-refractivity contribution is -0.139. The van der Waals surface area contributed by atoms with Gasteiger partial charge in [0.1, 0.15) is 11.6 Å². The molecule has 76 valence electrons. The van der Waals surface area contributed by atoms with Gasteiger partial charge in [-0.3, -0.25) is 0 Å². The minimum absolute atomic E-state index is 0.0517. The molecule has 0 heterocycles. The summed E-state index contributed by atoms with van der Waals surface area (Å²) in [5.74, 6) is -1.20. The predicted molar refractivity (Wildman–Crippen MR) is 47.4 cm³/mol. The number of rotatable bonds is 4. The molecule has 0 aliphatic rings. The van der Waals surface area contributed by atoms with E-state index in [0.29, 0.717) is 11.3 Å². The van der Waals surface area contributed by atoms with E-state index in [9.17, 15) is 9.18 Å². The first-order valence-electron chi connectivity index (χ1n) is 3.96. The number of carboxylic acid groups (broad SMARTS) is 1. The maximum atomic E-state index is 12.9. The summed E-state index contributed by atoms with van der Waals surface area (Å²) in [6, 6.07) is 3.94. The van der Waals surface area contributed by atoms with Crippen molar-refractivity contribution >= 4 is 5.97 Å². The third-order valence-corrected chi connectivity index (χ3v) is 1.60. The number of halogens is 1. The van der Waals surface area contributed by atoms with Gasteiger partial charge in [-0.15, -0.1) is 0 Å². The minimum Gasteiger partial charge on any atom is -0.482 e. The SMILES string of the molecule is NCc1cc(OCC(=O)O)ccc1F. The topological polar surface area (TPSA) is 72.5 Å². The molecule has 3 N–H and O–H groups in total. The molecule has 0 radical (unpaired) electrons. The van der Waals surface area contributed by atoms with Gasteiger partial charge in [0, 0.05) is 12.1 Å². The Morgan fingerprint density at radius 1 is 1.57 bits per heavy atom. The molecule has 0 saturated heterocycles. The third kappa shape index (κ3) is 2.70. The number of hydrogen-bond acceptors (Lipinski definition) is 3. The standard InChI is InChI=1S/C9H10FNO3/c10-8-2-1-7(3-6(8)4-11)14-5-9(12)13/h1-3H,4-5,11H2,(H,12,13). The summed E-state index contributed by atoms with van der Waals surface area (Å²) in [5.41, 5.74) is 5.56. The maximum Gasteiger partial charge on any atom is 0.341 e. The molecule has 1 aromatic carbocycles. The van der Waals surface area contributed by atoms with Gasteiger partial charge in [-0.2, -0.15) is 0 Å². The Kier molecular flexibility index (Phi) is 3.41. The summed E-state index contributed by atoms with van der Waals surface area (Å²) in [6.07, 6.45) is 0. The van der Waals surface area contributed by atoms with Crippen LogP contribution in [0.1, 0.15) is 5.56 Å². The second-order valence-corrected chi connectivity index (χ2v) is 2.64. The Bertz CT molecular complexity index is 341. The van der Waals surface area contributed by atoms with Crippen LogP contribution in [-0.2, 0) is 11.3 Å². The van der Waals surface area contributed by atoms with E-state index in [1.165, 1.54) is 18.2 Å². The van der Waals surface area contributed by atoms with E-state index < -0.39 is 18.4 Å². The normalized spacial score (nSPS) is 9.86. The Morgan fingerprint density at radius 2 is 2.29 bits per heavy atom. The van der Waals surface area contributed by atoms with Crippen molar-refractivity contribution in [3.63, 3.8) is 0 Å². The summed E-state index contributed by atoms with van der Waals surface area (Å²) < 4.78 is 17.8. The predicted octanol–water partition coefficient (Wildman–Crippen LogP) is 0.748. The lowest BCUT2D eigenvalue weighted by Crippen LogP contribution is -2.10. The Labute approximate surface area is 80.1 Å². The number of ether oxygens (including phenoxy) is 1. The fraction of sp³-hybridized carbons (Fsp3) is 0.222. The third-order valence-electron chi connectivity index (χ3n) is 1.60. The Hall–Kier alpha value is -1.62. The number of carboxylic acids is 1. The molecule has 0 atom stereocenters. The fourth-order valence-corrected chi connectivity index (χ4v) is 0.942. The number of hydrogen-bond donors (Lipinski definition) is 2. The molecule has 0 spiro atoms. The highest BCUT2D eigenvalue weighted by atomic mass is 19.1. The lowest BCUT2D eigenvalue weighted by atomic mass is 10.2. The molecule has 1 aromatic rings. The largest absolute Gasteiger partial charge is 0.482 e. The number of carbonyl (C=O) groups is 1. The summed E-state index contributed by atoms with van der Waals surface area (Å²) in [7, 11) is 0. The molecule has 4 nitrogen and oxygen atoms in total. The highest BCUT2D eigenvalue weighted by Crippen LogP contribution is 2.16. The molecule has 0 fully saturated rings. The monoisotopic (exact) mass is 199 g/mol. The van der Waals surface area contributed by atoms with E-state index in [1.807, 2.05) is 0 Å². The summed E-state index contributed by atoms with van der Waals surface area (Å²) in [4.78, 5) is 10.2. The molecule has 14 heavy (non-hydrogen) atoms. The van der Waals surface area contributed by atoms with Crippen molar-refractivity contribution in [1.29, 1.82) is 0 Å². The molecule has 0 saturated carbocycles. The molecule has 0 aliphatic heterocycles. The maximum absolute atomic E-state index is 12.9. The van der Waals surface area contributed by atoms with Crippen LogP contribution in [0.3, 0.4) is 0 Å². The summed E-state index contributed by atoms with van der Waals surface area (Å²) >= 11 is 0. The van der Waals surface area contributed by atoms with Crippen molar-refractivity contribution in [2.75, 3.05) is 6.61 Å². The molecule has 0 unspecified atom stereocenters. The minimum atomic E-state index is -1.08. The first-order chi connectivity index (χ1) is 6.63. The zero-order valence-corrected chi connectivity index (χ0v) is 7.37. The number of nitrogens with two attached hydrogens (primary N) is 1. The molecule has 0 amide bonds. The molecule has 0 bridgehead atoms. The van der Waals surface area contributed by atoms with Crippen LogP contribution in [0.4, 0.5) is 4.39 Å². The molecule has 0 aliphatic carbocycles. The van der Waals surface area contributed by atoms with Crippen LogP contribution in [-0.4, -0.2) is 17.7 Å². The van der Waals surface area contributed by atoms with Gasteiger partial charge in [0.15, 0.2) is 6.61 Å². The number of benzene rings is 1. The Morgan fingerprint density at radius 3 is 2.86 bits per heavy atom. The lowest BCUT2D eigenvalue weighted by Gasteiger charge is -2.05. The molecular formula is C9H10FNO3. The average Bonchev–Trinajstić information content (AvgIpc) is 2.16. The van der Waals surface area contributed by atoms with Crippen molar-refractivity contribution < 1.29 is 19.0 Å². The highest BCUT2D eigenvalue weighted by molar-refractivity contribution is 5.68. The van der Waals surface area contributed by atoms with Crippen molar-refractivity contribution in [3.8, 4) is 5.75 Å². The van der Waals surface area contributed by atoms with Crippen molar-refractivity contribution in [3.05, 3.63) is 29.6 Å². The van der Waals surface area contributed by atoms with Gasteiger partial charge in [0.25, 0.3) is 0 Å². The zero-order chi connectivity index (χ0) is 10.6. The van der Waals surface area contributed by atoms with Gasteiger partial charge in [0.2, 0.25) is 0 Å². The van der Waals surface area contributed by atoms with E-state index in [1.54, 1.807) is 0 Å². The van der Waals surface area contributed by atoms with Crippen LogP contribution in [0.5, 0.6) is 5.75 Å². The average molecular weight is 199 g/mol. The molecular weight excluding hydrogens is 189 g/mol. The van der Waals surface area contributed by atoms with Crippen LogP contribution in [0.2, 0.25) is 0 Å². The quantitative estimate of drug-likeness (QED) is 0.750. The van der Waals surface area contributed by atoms with Gasteiger partial charge in [-0.05, 0) is 18.2 Å². The summed E-state index contributed by atoms with van der Waals surface area (Å²) in [6.45, 7) is -0.397. The van der Waals surface area contributed by atoms with E-state index in [4.69, 9.17) is 15.6 Å². The van der Waals surface area contributed by atoms with Crippen molar-refractivity contribution in [1.82, 2.24) is 0 Å². The smallest absolute Gasteiger partial charge is 0.341 e. The van der Waals surface area contributed by atoms with E-state index in [-0.39, 0.29) is 6.54 Å². The van der Waals surface area contributed by atoms with E-state index in [0.717, 1.165) is 0 Å². The molecule has 0 aromatic heterocycles. The van der Waals surface area contributed by atoms with Gasteiger partial charge in [0.05, 0.1) is 0 Å². The fourth-order valence-electron chi connectivity index (χ4n) is 0.942. The van der Waals surface area contributed by atoms with Gasteiger partial charge < -0.3 is 15.6 Å². The van der Waals surface area contributed by atoms with Crippen LogP contribution in [0.15, 0.2) is 18.2 Å². The first kappa shape index (κ1) is 10.5. The van der Waals surface area contributed by atoms with Crippen LogP contribution in [0.25, 0.3) is 0 Å². The van der Waals surface area contributed by atoms with Crippen LogP contribution >= 0.6 is 0 Å². The van der Waals surface area contributed by atoms with Gasteiger partial charge in [-0.1, -0.05) is 0 Å². The van der Waals surface area contributed by atoms with Crippen LogP contribution in [0, 0.1) is 5.82 Å². The second kappa shape index (κ2) is 4.57. The van der Waals surface area contributed by atoms with Gasteiger partial charge >= 0.3 is 5.97 Å². The van der Waals surface area contributed by atoms with E-state index >= 15 is 0 Å². The first-order valence-corrected chi connectivity index (χ1v) is 3.96. The van der Waals surface area contributed by atoms with Crippen molar-refractivity contribution in [2.45, 2.75) is 6.54 Å². The van der Waals surface area contributed by atoms with E-state index in [2.05, 4.69) is 0 Å². The van der Waals surface area contributed by atoms with Crippen molar-refractivity contribution in [2.24, 2.45) is 5.73 Å². The molecule has 1 rings (SSSR count). The molecule has 5 heteroatoms. The van der Waals surface area contributed by atoms with Crippen LogP contribution < -0.4 is 10.5 Å². The van der Waals surface area contributed by atoms with Gasteiger partial charge in [-0.25, -0.2) is 9.18 Å². The zero-order valence-electron chi connectivity index (χ0n) is 7.37. The second-order valence-electron chi connectivity index (χ2n) is 2.64. The Balaban J connectivity index is 2.74. The highest BCUT2D eigenvalue weighted by Gasteiger charge is 2.04. The summed E-state index contributed by atoms with van der Waals surface area (Å²) in [5, 5.41) is 8.33. The number of aliphatic carboxylic acids is 1.